The molecule has 0 saturated carbocycles. The average molecular weight is 327 g/mol. The maximum Gasteiger partial charge on any atom is 0.143 e. The quantitative estimate of drug-likeness (QED) is 0.608. The molecule has 0 aliphatic rings. The van der Waals surface area contributed by atoms with Crippen molar-refractivity contribution in [3.05, 3.63) is 45.7 Å². The van der Waals surface area contributed by atoms with Gasteiger partial charge in [-0.1, -0.05) is 23.7 Å². The Kier molecular flexibility index (Phi) is 3.84. The van der Waals surface area contributed by atoms with Crippen molar-refractivity contribution in [1.82, 2.24) is 9.97 Å². The lowest BCUT2D eigenvalue weighted by molar-refractivity contribution is 1.22. The molecule has 96 valence electrons. The van der Waals surface area contributed by atoms with E-state index in [1.807, 2.05) is 35.0 Å². The van der Waals surface area contributed by atoms with Crippen LogP contribution in [-0.2, 0) is 5.88 Å². The van der Waals surface area contributed by atoms with E-state index in [4.69, 9.17) is 23.2 Å². The van der Waals surface area contributed by atoms with Crippen LogP contribution in [0.25, 0.3) is 21.3 Å². The molecule has 2 nitrogen and oxygen atoms in total. The highest BCUT2D eigenvalue weighted by Crippen LogP contribution is 2.31. The monoisotopic (exact) mass is 326 g/mol. The summed E-state index contributed by atoms with van der Waals surface area (Å²) in [5.74, 6) is 0.435. The van der Waals surface area contributed by atoms with Gasteiger partial charge in [-0.25, -0.2) is 9.97 Å². The summed E-state index contributed by atoms with van der Waals surface area (Å²) in [5.41, 5.74) is 2.86. The lowest BCUT2D eigenvalue weighted by Gasteiger charge is -1.95. The minimum atomic E-state index is 0.435. The Morgan fingerprint density at radius 2 is 1.68 bits per heavy atom. The molecule has 1 aromatic carbocycles. The summed E-state index contributed by atoms with van der Waals surface area (Å²) < 4.78 is 0. The summed E-state index contributed by atoms with van der Waals surface area (Å²) in [6.07, 6.45) is 0. The van der Waals surface area contributed by atoms with Crippen molar-refractivity contribution >= 4 is 45.9 Å². The van der Waals surface area contributed by atoms with Crippen molar-refractivity contribution < 1.29 is 0 Å². The molecule has 0 aliphatic heterocycles. The fraction of sp³-hybridized carbons (Fsp3) is 0.0769. The zero-order chi connectivity index (χ0) is 13.2. The summed E-state index contributed by atoms with van der Waals surface area (Å²) in [4.78, 5) is 9.04. The van der Waals surface area contributed by atoms with Gasteiger partial charge in [-0.15, -0.1) is 34.3 Å². The van der Waals surface area contributed by atoms with E-state index in [0.717, 1.165) is 32.0 Å². The van der Waals surface area contributed by atoms with Crippen molar-refractivity contribution in [2.45, 2.75) is 5.88 Å². The highest BCUT2D eigenvalue weighted by Gasteiger charge is 2.10. The van der Waals surface area contributed by atoms with Gasteiger partial charge in [-0.3, -0.25) is 0 Å². The number of aromatic nitrogens is 2. The largest absolute Gasteiger partial charge is 0.238 e. The molecule has 6 heteroatoms. The van der Waals surface area contributed by atoms with Gasteiger partial charge >= 0.3 is 0 Å². The van der Waals surface area contributed by atoms with Crippen molar-refractivity contribution in [2.75, 3.05) is 0 Å². The third-order valence-corrected chi connectivity index (χ3v) is 4.83. The molecule has 3 aromatic rings. The first-order valence-corrected chi connectivity index (χ1v) is 8.15. The van der Waals surface area contributed by atoms with Gasteiger partial charge < -0.3 is 0 Å². The lowest BCUT2D eigenvalue weighted by atomic mass is 10.2. The van der Waals surface area contributed by atoms with Crippen LogP contribution in [0.4, 0.5) is 0 Å². The van der Waals surface area contributed by atoms with Crippen LogP contribution < -0.4 is 0 Å². The van der Waals surface area contributed by atoms with Crippen LogP contribution in [0.1, 0.15) is 5.69 Å². The molecule has 2 heterocycles. The first-order valence-electron chi connectivity index (χ1n) is 5.48. The van der Waals surface area contributed by atoms with E-state index in [0.29, 0.717) is 5.88 Å². The molecule has 0 radical (unpaired) electrons. The molecular formula is C13H8Cl2N2S2. The normalized spacial score (nSPS) is 10.8. The van der Waals surface area contributed by atoms with Crippen molar-refractivity contribution in [2.24, 2.45) is 0 Å². The Morgan fingerprint density at radius 1 is 0.947 bits per heavy atom. The van der Waals surface area contributed by atoms with Crippen molar-refractivity contribution in [3.8, 4) is 21.3 Å². The second kappa shape index (κ2) is 5.59. The lowest BCUT2D eigenvalue weighted by Crippen LogP contribution is -1.80. The Labute approximate surface area is 128 Å². The summed E-state index contributed by atoms with van der Waals surface area (Å²) in [5, 5.41) is 6.58. The first-order chi connectivity index (χ1) is 9.26. The van der Waals surface area contributed by atoms with Gasteiger partial charge in [-0.05, 0) is 12.1 Å². The predicted molar refractivity (Wildman–Crippen MR) is 83.2 cm³/mol. The van der Waals surface area contributed by atoms with Crippen LogP contribution in [0.15, 0.2) is 35.0 Å². The highest BCUT2D eigenvalue weighted by atomic mass is 35.5. The fourth-order valence-electron chi connectivity index (χ4n) is 1.58. The second-order valence-electron chi connectivity index (χ2n) is 3.82. The number of hydrogen-bond donors (Lipinski definition) is 0. The molecule has 0 bridgehead atoms. The van der Waals surface area contributed by atoms with Gasteiger partial charge in [0.15, 0.2) is 0 Å². The molecule has 2 aromatic heterocycles. The van der Waals surface area contributed by atoms with Gasteiger partial charge in [0.1, 0.15) is 15.7 Å². The Morgan fingerprint density at radius 3 is 2.37 bits per heavy atom. The first kappa shape index (κ1) is 13.1. The number of rotatable bonds is 3. The number of halogens is 2. The average Bonchev–Trinajstić information content (AvgIpc) is 3.08. The van der Waals surface area contributed by atoms with E-state index in [9.17, 15) is 0 Å². The fourth-order valence-corrected chi connectivity index (χ4v) is 3.60. The van der Waals surface area contributed by atoms with Crippen molar-refractivity contribution in [1.29, 1.82) is 0 Å². The SMILES string of the molecule is ClCc1csc(-c2csc(-c3ccc(Cl)cc3)n2)n1. The van der Waals surface area contributed by atoms with E-state index in [1.54, 1.807) is 22.7 Å². The topological polar surface area (TPSA) is 25.8 Å². The zero-order valence-electron chi connectivity index (χ0n) is 9.64. The molecule has 0 spiro atoms. The summed E-state index contributed by atoms with van der Waals surface area (Å²) in [6, 6.07) is 7.67. The molecule has 0 N–H and O–H groups in total. The van der Waals surface area contributed by atoms with E-state index in [-0.39, 0.29) is 0 Å². The second-order valence-corrected chi connectivity index (χ2v) is 6.24. The third kappa shape index (κ3) is 2.82. The van der Waals surface area contributed by atoms with E-state index >= 15 is 0 Å². The van der Waals surface area contributed by atoms with Crippen LogP contribution >= 0.6 is 45.9 Å². The summed E-state index contributed by atoms with van der Waals surface area (Å²) in [6.45, 7) is 0. The van der Waals surface area contributed by atoms with Crippen LogP contribution in [0.2, 0.25) is 5.02 Å². The van der Waals surface area contributed by atoms with Crippen molar-refractivity contribution in [3.63, 3.8) is 0 Å². The molecule has 0 unspecified atom stereocenters. The highest BCUT2D eigenvalue weighted by molar-refractivity contribution is 7.15. The molecule has 19 heavy (non-hydrogen) atoms. The molecular weight excluding hydrogens is 319 g/mol. The van der Waals surface area contributed by atoms with Crippen LogP contribution in [0.5, 0.6) is 0 Å². The van der Waals surface area contributed by atoms with Crippen LogP contribution in [-0.4, -0.2) is 9.97 Å². The zero-order valence-corrected chi connectivity index (χ0v) is 12.8. The Hall–Kier alpha value is -0.940. The maximum absolute atomic E-state index is 5.88. The number of hydrogen-bond acceptors (Lipinski definition) is 4. The molecule has 3 rings (SSSR count). The van der Waals surface area contributed by atoms with Gasteiger partial charge in [0.2, 0.25) is 0 Å². The van der Waals surface area contributed by atoms with Gasteiger partial charge in [0.05, 0.1) is 11.6 Å². The van der Waals surface area contributed by atoms with Gasteiger partial charge in [-0.2, -0.15) is 0 Å². The smallest absolute Gasteiger partial charge is 0.143 e. The van der Waals surface area contributed by atoms with E-state index in [2.05, 4.69) is 9.97 Å². The van der Waals surface area contributed by atoms with Crippen LogP contribution in [0, 0.1) is 0 Å². The number of nitrogens with zero attached hydrogens (tertiary/aromatic N) is 2. The molecule has 0 amide bonds. The van der Waals surface area contributed by atoms with E-state index in [1.165, 1.54) is 0 Å². The molecule has 0 saturated heterocycles. The van der Waals surface area contributed by atoms with Gasteiger partial charge in [0, 0.05) is 21.3 Å². The number of thiazole rings is 2. The number of alkyl halides is 1. The maximum atomic E-state index is 5.88. The summed E-state index contributed by atoms with van der Waals surface area (Å²) in [7, 11) is 0. The molecule has 0 fully saturated rings. The van der Waals surface area contributed by atoms with Crippen LogP contribution in [0.3, 0.4) is 0 Å². The van der Waals surface area contributed by atoms with Gasteiger partial charge in [0.25, 0.3) is 0 Å². The minimum Gasteiger partial charge on any atom is -0.238 e. The molecule has 0 atom stereocenters. The third-order valence-electron chi connectivity index (χ3n) is 2.50. The predicted octanol–water partition coefficient (Wildman–Crippen LogP) is 5.33. The number of benzene rings is 1. The Bertz CT molecular complexity index is 689. The summed E-state index contributed by atoms with van der Waals surface area (Å²) >= 11 is 14.8. The van der Waals surface area contributed by atoms with E-state index < -0.39 is 0 Å². The Balaban J connectivity index is 1.92. The standard InChI is InChI=1S/C13H8Cl2N2S2/c14-5-10-6-18-13(16-10)11-7-19-12(17-11)8-1-3-9(15)4-2-8/h1-4,6-7H,5H2. The minimum absolute atomic E-state index is 0.435. The molecule has 0 aliphatic carbocycles.